The van der Waals surface area contributed by atoms with E-state index in [-0.39, 0.29) is 16.2 Å². The Morgan fingerprint density at radius 3 is 2.41 bits per heavy atom. The Hall–Kier alpha value is -1.44. The molecule has 0 spiro atoms. The first kappa shape index (κ1) is 23.7. The van der Waals surface area contributed by atoms with Gasteiger partial charge in [-0.25, -0.2) is 0 Å². The maximum absolute atomic E-state index is 13.8. The van der Waals surface area contributed by atoms with Crippen LogP contribution in [0.25, 0.3) is 0 Å². The van der Waals surface area contributed by atoms with E-state index in [1.165, 1.54) is 16.7 Å². The van der Waals surface area contributed by atoms with Gasteiger partial charge in [-0.15, -0.1) is 0 Å². The summed E-state index contributed by atoms with van der Waals surface area (Å²) in [6.07, 6.45) is 13.7. The summed E-state index contributed by atoms with van der Waals surface area (Å²) in [4.78, 5) is 26.6. The number of carbonyl (C=O) groups excluding carboxylic acids is 2. The predicted molar refractivity (Wildman–Crippen MR) is 132 cm³/mol. The Kier molecular flexibility index (Phi) is 5.58. The second-order valence-electron chi connectivity index (χ2n) is 12.9. The van der Waals surface area contributed by atoms with Gasteiger partial charge >= 0.3 is 0 Å². The average molecular weight is 437 g/mol. The minimum atomic E-state index is -0.397. The maximum atomic E-state index is 13.8. The zero-order valence-corrected chi connectivity index (χ0v) is 21.7. The second-order valence-corrected chi connectivity index (χ2v) is 12.9. The Balaban J connectivity index is 1.72. The van der Waals surface area contributed by atoms with Gasteiger partial charge in [-0.05, 0) is 92.6 Å². The maximum Gasteiger partial charge on any atom is 0.143 e. The SMILES string of the molecule is CC(C)=CCCC(C)C1CC(=O)C2(C)C3=CCC4C(C)(C)C(=O)CCC4(C)C3=CCC12C. The molecule has 0 aromatic rings. The zero-order valence-electron chi connectivity index (χ0n) is 21.7. The molecule has 2 nitrogen and oxygen atoms in total. The fourth-order valence-corrected chi connectivity index (χ4v) is 8.32. The molecule has 0 N–H and O–H groups in total. The van der Waals surface area contributed by atoms with Crippen molar-refractivity contribution in [3.63, 3.8) is 0 Å². The van der Waals surface area contributed by atoms with Crippen molar-refractivity contribution in [1.29, 1.82) is 0 Å². The van der Waals surface area contributed by atoms with Crippen molar-refractivity contribution in [2.75, 3.05) is 0 Å². The smallest absolute Gasteiger partial charge is 0.143 e. The van der Waals surface area contributed by atoms with Gasteiger partial charge in [-0.2, -0.15) is 0 Å². The lowest BCUT2D eigenvalue weighted by molar-refractivity contribution is -0.139. The molecule has 2 fully saturated rings. The number of carbonyl (C=O) groups is 2. The lowest BCUT2D eigenvalue weighted by atomic mass is 9.44. The third kappa shape index (κ3) is 3.03. The van der Waals surface area contributed by atoms with E-state index >= 15 is 0 Å². The van der Waals surface area contributed by atoms with E-state index in [4.69, 9.17) is 0 Å². The van der Waals surface area contributed by atoms with Crippen LogP contribution in [0.1, 0.15) is 100 Å². The van der Waals surface area contributed by atoms with Crippen LogP contribution in [0.5, 0.6) is 0 Å². The molecule has 4 aliphatic rings. The highest BCUT2D eigenvalue weighted by Gasteiger charge is 2.66. The molecule has 4 rings (SSSR count). The molecule has 2 heteroatoms. The van der Waals surface area contributed by atoms with Gasteiger partial charge in [0.1, 0.15) is 11.6 Å². The van der Waals surface area contributed by atoms with Crippen LogP contribution in [0.2, 0.25) is 0 Å². The lowest BCUT2D eigenvalue weighted by Gasteiger charge is -2.59. The normalized spacial score (nSPS) is 41.1. The van der Waals surface area contributed by atoms with E-state index in [2.05, 4.69) is 73.6 Å². The zero-order chi connectivity index (χ0) is 23.7. The number of allylic oxidation sites excluding steroid dienone is 6. The number of hydrogen-bond donors (Lipinski definition) is 0. The molecular formula is C30H44O2. The molecule has 32 heavy (non-hydrogen) atoms. The van der Waals surface area contributed by atoms with Crippen molar-refractivity contribution in [3.05, 3.63) is 34.9 Å². The lowest BCUT2D eigenvalue weighted by Crippen LogP contribution is -2.54. The fraction of sp³-hybridized carbons (Fsp3) is 0.733. The van der Waals surface area contributed by atoms with Gasteiger partial charge in [0.05, 0.1) is 5.41 Å². The summed E-state index contributed by atoms with van der Waals surface area (Å²) in [6, 6.07) is 0. The summed E-state index contributed by atoms with van der Waals surface area (Å²) in [6.45, 7) is 18.0. The highest BCUT2D eigenvalue weighted by molar-refractivity contribution is 5.94. The predicted octanol–water partition coefficient (Wildman–Crippen LogP) is 7.64. The largest absolute Gasteiger partial charge is 0.299 e. The molecule has 0 heterocycles. The van der Waals surface area contributed by atoms with E-state index in [9.17, 15) is 9.59 Å². The van der Waals surface area contributed by atoms with Crippen LogP contribution in [-0.4, -0.2) is 11.6 Å². The topological polar surface area (TPSA) is 34.1 Å². The third-order valence-corrected chi connectivity index (χ3v) is 10.7. The van der Waals surface area contributed by atoms with E-state index in [0.29, 0.717) is 42.2 Å². The molecule has 0 amide bonds. The highest BCUT2D eigenvalue weighted by atomic mass is 16.1. The van der Waals surface area contributed by atoms with Gasteiger partial charge < -0.3 is 0 Å². The Morgan fingerprint density at radius 1 is 1.06 bits per heavy atom. The van der Waals surface area contributed by atoms with E-state index in [0.717, 1.165) is 32.1 Å². The summed E-state index contributed by atoms with van der Waals surface area (Å²) in [5.41, 5.74) is 3.39. The van der Waals surface area contributed by atoms with Crippen LogP contribution < -0.4 is 0 Å². The molecule has 6 unspecified atom stereocenters. The van der Waals surface area contributed by atoms with E-state index in [1.54, 1.807) is 0 Å². The van der Waals surface area contributed by atoms with E-state index < -0.39 is 5.41 Å². The van der Waals surface area contributed by atoms with Gasteiger partial charge in [0.15, 0.2) is 0 Å². The van der Waals surface area contributed by atoms with Crippen molar-refractivity contribution in [2.45, 2.75) is 100 Å². The standard InChI is InChI=1S/C30H44O2/c1-19(2)10-9-11-20(3)23-18-26(32)30(8)22-12-13-24-27(4,5)25(31)15-16-28(24,6)21(22)14-17-29(23,30)7/h10,12,14,20,23-24H,9,11,13,15-18H2,1-8H3. The first-order valence-electron chi connectivity index (χ1n) is 12.9. The molecule has 176 valence electrons. The van der Waals surface area contributed by atoms with Crippen LogP contribution >= 0.6 is 0 Å². The number of ketones is 2. The molecule has 2 saturated carbocycles. The van der Waals surface area contributed by atoms with Gasteiger partial charge in [0, 0.05) is 18.3 Å². The Labute approximate surface area is 196 Å². The number of rotatable bonds is 4. The molecule has 4 aliphatic carbocycles. The average Bonchev–Trinajstić information content (AvgIpc) is 2.92. The minimum Gasteiger partial charge on any atom is -0.299 e. The monoisotopic (exact) mass is 436 g/mol. The van der Waals surface area contributed by atoms with Crippen LogP contribution in [0, 0.1) is 39.4 Å². The van der Waals surface area contributed by atoms with Gasteiger partial charge in [-0.3, -0.25) is 9.59 Å². The number of Topliss-reactive ketones (excluding diaryl/α,β-unsaturated/α-hetero) is 2. The summed E-state index contributed by atoms with van der Waals surface area (Å²) in [5, 5.41) is 0. The fourth-order valence-electron chi connectivity index (χ4n) is 8.32. The summed E-state index contributed by atoms with van der Waals surface area (Å²) in [7, 11) is 0. The third-order valence-electron chi connectivity index (χ3n) is 10.7. The molecule has 0 radical (unpaired) electrons. The molecule has 6 atom stereocenters. The van der Waals surface area contributed by atoms with Crippen LogP contribution in [-0.2, 0) is 9.59 Å². The van der Waals surface area contributed by atoms with Gasteiger partial charge in [0.2, 0.25) is 0 Å². The van der Waals surface area contributed by atoms with E-state index in [1.807, 2.05) is 0 Å². The second kappa shape index (κ2) is 7.54. The molecule has 0 aromatic carbocycles. The molecule has 0 aliphatic heterocycles. The Bertz CT molecular complexity index is 926. The Morgan fingerprint density at radius 2 is 1.75 bits per heavy atom. The van der Waals surface area contributed by atoms with Crippen molar-refractivity contribution < 1.29 is 9.59 Å². The molecule has 0 aromatic heterocycles. The van der Waals surface area contributed by atoms with Gasteiger partial charge in [-0.1, -0.05) is 58.4 Å². The summed E-state index contributed by atoms with van der Waals surface area (Å²) >= 11 is 0. The first-order chi connectivity index (χ1) is 14.8. The number of hydrogen-bond acceptors (Lipinski definition) is 2. The van der Waals surface area contributed by atoms with Crippen LogP contribution in [0.3, 0.4) is 0 Å². The van der Waals surface area contributed by atoms with Gasteiger partial charge in [0.25, 0.3) is 0 Å². The van der Waals surface area contributed by atoms with Crippen LogP contribution in [0.4, 0.5) is 0 Å². The molecule has 0 saturated heterocycles. The highest BCUT2D eigenvalue weighted by Crippen LogP contribution is 2.70. The summed E-state index contributed by atoms with van der Waals surface area (Å²) < 4.78 is 0. The van der Waals surface area contributed by atoms with Crippen LogP contribution in [0.15, 0.2) is 34.9 Å². The van der Waals surface area contributed by atoms with Crippen molar-refractivity contribution in [1.82, 2.24) is 0 Å². The first-order valence-corrected chi connectivity index (χ1v) is 12.9. The molecule has 0 bridgehead atoms. The van der Waals surface area contributed by atoms with Crippen molar-refractivity contribution in [2.24, 2.45) is 39.4 Å². The minimum absolute atomic E-state index is 0.000731. The van der Waals surface area contributed by atoms with Crippen molar-refractivity contribution in [3.8, 4) is 0 Å². The quantitative estimate of drug-likeness (QED) is 0.424. The summed E-state index contributed by atoms with van der Waals surface area (Å²) in [5.74, 6) is 2.15. The molecular weight excluding hydrogens is 392 g/mol. The van der Waals surface area contributed by atoms with Crippen molar-refractivity contribution >= 4 is 11.6 Å². The number of fused-ring (bicyclic) bond motifs is 5.